The number of benzene rings is 1. The Morgan fingerprint density at radius 2 is 1.52 bits per heavy atom. The molecular weight excluding hydrogens is 336 g/mol. The zero-order valence-corrected chi connectivity index (χ0v) is 15.8. The van der Waals surface area contributed by atoms with E-state index in [0.29, 0.717) is 13.0 Å². The molecule has 0 bridgehead atoms. The number of nitrogens with zero attached hydrogens (tertiary/aromatic N) is 2. The first-order valence-corrected chi connectivity index (χ1v) is 10.8. The van der Waals surface area contributed by atoms with Crippen LogP contribution in [0.4, 0.5) is 0 Å². The van der Waals surface area contributed by atoms with Crippen LogP contribution in [-0.2, 0) is 14.8 Å². The molecule has 5 nitrogen and oxygen atoms in total. The van der Waals surface area contributed by atoms with Gasteiger partial charge in [0, 0.05) is 19.6 Å². The first-order valence-electron chi connectivity index (χ1n) is 9.37. The van der Waals surface area contributed by atoms with Gasteiger partial charge in [0.25, 0.3) is 0 Å². The minimum absolute atomic E-state index is 0.00251. The van der Waals surface area contributed by atoms with Crippen LogP contribution in [0.15, 0.2) is 29.2 Å². The lowest BCUT2D eigenvalue weighted by molar-refractivity contribution is -0.136. The summed E-state index contributed by atoms with van der Waals surface area (Å²) in [4.78, 5) is 15.2. The fourth-order valence-corrected chi connectivity index (χ4v) is 5.44. The number of carbonyl (C=O) groups is 1. The van der Waals surface area contributed by atoms with Crippen LogP contribution in [0.2, 0.25) is 0 Å². The van der Waals surface area contributed by atoms with Gasteiger partial charge >= 0.3 is 0 Å². The fourth-order valence-electron chi connectivity index (χ4n) is 3.79. The third-order valence-electron chi connectivity index (χ3n) is 5.28. The zero-order valence-electron chi connectivity index (χ0n) is 15.0. The molecule has 1 amide bonds. The monoisotopic (exact) mass is 364 g/mol. The summed E-state index contributed by atoms with van der Waals surface area (Å²) < 4.78 is 27.7. The Kier molecular flexibility index (Phi) is 5.79. The summed E-state index contributed by atoms with van der Waals surface area (Å²) in [5.41, 5.74) is 1.02. The van der Waals surface area contributed by atoms with Crippen molar-refractivity contribution in [3.63, 3.8) is 0 Å². The summed E-state index contributed by atoms with van der Waals surface area (Å²) in [6.07, 6.45) is 6.69. The minimum Gasteiger partial charge on any atom is -0.341 e. The average molecular weight is 365 g/mol. The van der Waals surface area contributed by atoms with Crippen molar-refractivity contribution < 1.29 is 13.2 Å². The highest BCUT2D eigenvalue weighted by atomic mass is 32.2. The van der Waals surface area contributed by atoms with Crippen molar-refractivity contribution in [1.82, 2.24) is 9.21 Å². The molecule has 0 radical (unpaired) electrons. The van der Waals surface area contributed by atoms with E-state index in [2.05, 4.69) is 0 Å². The van der Waals surface area contributed by atoms with Gasteiger partial charge in [0.1, 0.15) is 6.04 Å². The van der Waals surface area contributed by atoms with Gasteiger partial charge in [-0.15, -0.1) is 0 Å². The summed E-state index contributed by atoms with van der Waals surface area (Å²) in [5, 5.41) is 0. The molecule has 2 aliphatic rings. The number of aryl methyl sites for hydroxylation is 1. The SMILES string of the molecule is Cc1ccc(S(=O)(=O)N2CCCCC2C(=O)N2CCCCCC2)cc1. The lowest BCUT2D eigenvalue weighted by Crippen LogP contribution is -2.53. The number of carbonyl (C=O) groups excluding carboxylic acids is 1. The molecule has 0 aromatic heterocycles. The second-order valence-electron chi connectivity index (χ2n) is 7.18. The molecule has 0 N–H and O–H groups in total. The van der Waals surface area contributed by atoms with E-state index in [-0.39, 0.29) is 10.8 Å². The van der Waals surface area contributed by atoms with E-state index < -0.39 is 16.1 Å². The Labute approximate surface area is 151 Å². The second kappa shape index (κ2) is 7.87. The molecule has 1 atom stereocenters. The van der Waals surface area contributed by atoms with Gasteiger partial charge in [0.15, 0.2) is 0 Å². The summed E-state index contributed by atoms with van der Waals surface area (Å²) in [6, 6.07) is 6.36. The molecule has 1 aromatic carbocycles. The number of piperidine rings is 1. The molecule has 0 aliphatic carbocycles. The number of hydrogen-bond donors (Lipinski definition) is 0. The Morgan fingerprint density at radius 3 is 2.16 bits per heavy atom. The van der Waals surface area contributed by atoms with Crippen LogP contribution in [0.25, 0.3) is 0 Å². The molecule has 2 heterocycles. The van der Waals surface area contributed by atoms with Crippen LogP contribution in [0.1, 0.15) is 50.5 Å². The van der Waals surface area contributed by atoms with Gasteiger partial charge < -0.3 is 4.90 Å². The molecule has 0 saturated carbocycles. The first-order chi connectivity index (χ1) is 12.0. The van der Waals surface area contributed by atoms with E-state index in [0.717, 1.165) is 57.2 Å². The third kappa shape index (κ3) is 4.06. The van der Waals surface area contributed by atoms with Crippen molar-refractivity contribution in [3.8, 4) is 0 Å². The molecule has 3 rings (SSSR count). The third-order valence-corrected chi connectivity index (χ3v) is 7.21. The lowest BCUT2D eigenvalue weighted by atomic mass is 10.0. The number of hydrogen-bond acceptors (Lipinski definition) is 3. The summed E-state index contributed by atoms with van der Waals surface area (Å²) in [7, 11) is -3.63. The Bertz CT molecular complexity index is 692. The summed E-state index contributed by atoms with van der Waals surface area (Å²) in [5.74, 6) is -0.00251. The predicted molar refractivity (Wildman–Crippen MR) is 97.8 cm³/mol. The van der Waals surface area contributed by atoms with Crippen LogP contribution in [0, 0.1) is 6.92 Å². The highest BCUT2D eigenvalue weighted by Crippen LogP contribution is 2.27. The lowest BCUT2D eigenvalue weighted by Gasteiger charge is -2.36. The maximum atomic E-state index is 13.1. The number of amides is 1. The van der Waals surface area contributed by atoms with Gasteiger partial charge in [-0.3, -0.25) is 4.79 Å². The highest BCUT2D eigenvalue weighted by Gasteiger charge is 2.39. The second-order valence-corrected chi connectivity index (χ2v) is 9.07. The molecule has 1 aromatic rings. The van der Waals surface area contributed by atoms with Gasteiger partial charge in [-0.25, -0.2) is 8.42 Å². The molecule has 138 valence electrons. The summed E-state index contributed by atoms with van der Waals surface area (Å²) >= 11 is 0. The van der Waals surface area contributed by atoms with Gasteiger partial charge in [0.2, 0.25) is 15.9 Å². The van der Waals surface area contributed by atoms with E-state index in [9.17, 15) is 13.2 Å². The van der Waals surface area contributed by atoms with Gasteiger partial charge in [-0.05, 0) is 44.7 Å². The summed E-state index contributed by atoms with van der Waals surface area (Å²) in [6.45, 7) is 3.88. The van der Waals surface area contributed by atoms with E-state index in [1.807, 2.05) is 24.0 Å². The number of rotatable bonds is 3. The zero-order chi connectivity index (χ0) is 17.9. The van der Waals surface area contributed by atoms with Crippen LogP contribution in [0.5, 0.6) is 0 Å². The van der Waals surface area contributed by atoms with Gasteiger partial charge in [0.05, 0.1) is 4.90 Å². The van der Waals surface area contributed by atoms with Crippen LogP contribution >= 0.6 is 0 Å². The van der Waals surface area contributed by atoms with Crippen LogP contribution < -0.4 is 0 Å². The Hall–Kier alpha value is -1.40. The molecule has 0 spiro atoms. The van der Waals surface area contributed by atoms with Crippen molar-refractivity contribution in [1.29, 1.82) is 0 Å². The molecule has 25 heavy (non-hydrogen) atoms. The normalized spacial score (nSPS) is 23.2. The highest BCUT2D eigenvalue weighted by molar-refractivity contribution is 7.89. The van der Waals surface area contributed by atoms with Crippen molar-refractivity contribution in [2.24, 2.45) is 0 Å². The fraction of sp³-hybridized carbons (Fsp3) is 0.632. The van der Waals surface area contributed by atoms with Crippen LogP contribution in [-0.4, -0.2) is 49.2 Å². The maximum absolute atomic E-state index is 13.1. The van der Waals surface area contributed by atoms with Crippen molar-refractivity contribution >= 4 is 15.9 Å². The molecule has 2 fully saturated rings. The number of likely N-dealkylation sites (tertiary alicyclic amines) is 1. The van der Waals surface area contributed by atoms with Crippen LogP contribution in [0.3, 0.4) is 0 Å². The Morgan fingerprint density at radius 1 is 0.920 bits per heavy atom. The first kappa shape index (κ1) is 18.4. The van der Waals surface area contributed by atoms with Gasteiger partial charge in [-0.2, -0.15) is 4.31 Å². The standard InChI is InChI=1S/C19H28N2O3S/c1-16-9-11-17(12-10-16)25(23,24)21-15-7-4-8-18(21)19(22)20-13-5-2-3-6-14-20/h9-12,18H,2-8,13-15H2,1H3. The molecule has 2 aliphatic heterocycles. The average Bonchev–Trinajstić information content (AvgIpc) is 2.91. The molecule has 1 unspecified atom stereocenters. The van der Waals surface area contributed by atoms with E-state index in [4.69, 9.17) is 0 Å². The topological polar surface area (TPSA) is 57.7 Å². The minimum atomic E-state index is -3.63. The number of sulfonamides is 1. The quantitative estimate of drug-likeness (QED) is 0.828. The van der Waals surface area contributed by atoms with E-state index in [1.165, 1.54) is 4.31 Å². The van der Waals surface area contributed by atoms with Crippen molar-refractivity contribution in [3.05, 3.63) is 29.8 Å². The van der Waals surface area contributed by atoms with E-state index >= 15 is 0 Å². The molecular formula is C19H28N2O3S. The van der Waals surface area contributed by atoms with Gasteiger partial charge in [-0.1, -0.05) is 37.0 Å². The predicted octanol–water partition coefficient (Wildman–Crippen LogP) is 2.94. The Balaban J connectivity index is 1.84. The van der Waals surface area contributed by atoms with Crippen molar-refractivity contribution in [2.75, 3.05) is 19.6 Å². The smallest absolute Gasteiger partial charge is 0.243 e. The molecule has 6 heteroatoms. The largest absolute Gasteiger partial charge is 0.341 e. The van der Waals surface area contributed by atoms with E-state index in [1.54, 1.807) is 12.1 Å². The molecule has 2 saturated heterocycles. The maximum Gasteiger partial charge on any atom is 0.243 e. The van der Waals surface area contributed by atoms with Crippen molar-refractivity contribution in [2.45, 2.75) is 62.8 Å².